The van der Waals surface area contributed by atoms with Crippen molar-refractivity contribution >= 4 is 27.5 Å². The molecule has 208 valence electrons. The van der Waals surface area contributed by atoms with Crippen molar-refractivity contribution in [1.29, 1.82) is 0 Å². The van der Waals surface area contributed by atoms with Gasteiger partial charge in [0.15, 0.2) is 0 Å². The maximum atomic E-state index is 14.6. The van der Waals surface area contributed by atoms with Crippen molar-refractivity contribution in [2.45, 2.75) is 64.6 Å². The Morgan fingerprint density at radius 3 is 2.23 bits per heavy atom. The van der Waals surface area contributed by atoms with Crippen molar-refractivity contribution in [2.75, 3.05) is 10.8 Å². The van der Waals surface area contributed by atoms with Gasteiger partial charge in [0.2, 0.25) is 11.8 Å². The summed E-state index contributed by atoms with van der Waals surface area (Å²) in [5.41, 5.74) is 2.06. The molecule has 0 saturated carbocycles. The first-order chi connectivity index (χ1) is 18.4. The van der Waals surface area contributed by atoms with Gasteiger partial charge in [-0.1, -0.05) is 55.5 Å². The lowest BCUT2D eigenvalue weighted by molar-refractivity contribution is -0.139. The average molecular weight is 554 g/mol. The number of sulfonamides is 1. The Labute approximate surface area is 230 Å². The zero-order valence-corrected chi connectivity index (χ0v) is 23.8. The maximum Gasteiger partial charge on any atom is 0.264 e. The second-order valence-corrected chi connectivity index (χ2v) is 11.6. The second kappa shape index (κ2) is 12.9. The zero-order chi connectivity index (χ0) is 28.7. The number of amides is 2. The van der Waals surface area contributed by atoms with E-state index in [2.05, 4.69) is 5.32 Å². The number of rotatable bonds is 11. The third-order valence-corrected chi connectivity index (χ3v) is 8.48. The van der Waals surface area contributed by atoms with Crippen LogP contribution in [0.1, 0.15) is 43.9 Å². The number of carbonyl (C=O) groups excluding carboxylic acids is 2. The topological polar surface area (TPSA) is 86.8 Å². The summed E-state index contributed by atoms with van der Waals surface area (Å²) < 4.78 is 43.4. The molecule has 0 heterocycles. The Bertz CT molecular complexity index is 1410. The smallest absolute Gasteiger partial charge is 0.264 e. The third-order valence-electron chi connectivity index (χ3n) is 6.71. The van der Waals surface area contributed by atoms with Crippen molar-refractivity contribution in [3.05, 3.63) is 95.3 Å². The summed E-state index contributed by atoms with van der Waals surface area (Å²) >= 11 is 0. The molecule has 0 aliphatic rings. The molecule has 0 aliphatic heterocycles. The fourth-order valence-electron chi connectivity index (χ4n) is 4.08. The minimum Gasteiger partial charge on any atom is -0.352 e. The summed E-state index contributed by atoms with van der Waals surface area (Å²) in [5.74, 6) is -1.56. The monoisotopic (exact) mass is 553 g/mol. The van der Waals surface area contributed by atoms with Crippen LogP contribution in [0.5, 0.6) is 0 Å². The van der Waals surface area contributed by atoms with E-state index in [1.54, 1.807) is 56.3 Å². The summed E-state index contributed by atoms with van der Waals surface area (Å²) in [6, 6.07) is 18.1. The van der Waals surface area contributed by atoms with Gasteiger partial charge in [-0.3, -0.25) is 13.9 Å². The van der Waals surface area contributed by atoms with Crippen LogP contribution in [0, 0.1) is 19.7 Å². The van der Waals surface area contributed by atoms with E-state index in [0.717, 1.165) is 9.87 Å². The molecule has 2 atom stereocenters. The SMILES string of the molecule is CC[C@@H](C)NC(=O)[C@H](C)N(Cc1ccccc1F)C(=O)CN(c1cc(C)ccc1C)S(=O)(=O)c1ccccc1. The lowest BCUT2D eigenvalue weighted by atomic mass is 10.1. The summed E-state index contributed by atoms with van der Waals surface area (Å²) in [5, 5.41) is 2.86. The Balaban J connectivity index is 2.07. The number of carbonyl (C=O) groups is 2. The van der Waals surface area contributed by atoms with Gasteiger partial charge >= 0.3 is 0 Å². The Hall–Kier alpha value is -3.72. The van der Waals surface area contributed by atoms with Gasteiger partial charge in [0.05, 0.1) is 10.6 Å². The van der Waals surface area contributed by atoms with E-state index in [-0.39, 0.29) is 23.0 Å². The number of nitrogens with zero attached hydrogens (tertiary/aromatic N) is 2. The zero-order valence-electron chi connectivity index (χ0n) is 23.0. The van der Waals surface area contributed by atoms with Crippen LogP contribution in [0.2, 0.25) is 0 Å². The molecule has 7 nitrogen and oxygen atoms in total. The van der Waals surface area contributed by atoms with Crippen LogP contribution in [0.4, 0.5) is 10.1 Å². The van der Waals surface area contributed by atoms with Crippen LogP contribution in [-0.4, -0.2) is 43.8 Å². The average Bonchev–Trinajstić information content (AvgIpc) is 2.92. The predicted molar refractivity (Wildman–Crippen MR) is 151 cm³/mol. The number of hydrogen-bond acceptors (Lipinski definition) is 4. The van der Waals surface area contributed by atoms with E-state index in [1.807, 2.05) is 26.8 Å². The summed E-state index contributed by atoms with van der Waals surface area (Å²) in [6.45, 7) is 8.17. The number of aryl methyl sites for hydroxylation is 2. The molecule has 3 aromatic rings. The standard InChI is InChI=1S/C30H36FN3O4S/c1-6-23(4)32-30(36)24(5)33(19-25-12-10-11-15-27(25)31)29(35)20-34(28-18-21(2)16-17-22(28)3)39(37,38)26-13-8-7-9-14-26/h7-18,23-24H,6,19-20H2,1-5H3,(H,32,36)/t23-,24+/m1/s1. The highest BCUT2D eigenvalue weighted by Gasteiger charge is 2.33. The highest BCUT2D eigenvalue weighted by molar-refractivity contribution is 7.92. The highest BCUT2D eigenvalue weighted by Crippen LogP contribution is 2.28. The van der Waals surface area contributed by atoms with Crippen molar-refractivity contribution in [3.8, 4) is 0 Å². The van der Waals surface area contributed by atoms with Crippen LogP contribution in [0.3, 0.4) is 0 Å². The molecule has 2 amide bonds. The van der Waals surface area contributed by atoms with Crippen LogP contribution in [0.15, 0.2) is 77.7 Å². The largest absolute Gasteiger partial charge is 0.352 e. The third kappa shape index (κ3) is 7.23. The number of nitrogens with one attached hydrogen (secondary N) is 1. The van der Waals surface area contributed by atoms with Crippen LogP contribution in [-0.2, 0) is 26.2 Å². The maximum absolute atomic E-state index is 14.6. The molecule has 0 radical (unpaired) electrons. The highest BCUT2D eigenvalue weighted by atomic mass is 32.2. The number of anilines is 1. The minimum absolute atomic E-state index is 0.0296. The molecule has 0 fully saturated rings. The van der Waals surface area contributed by atoms with Crippen molar-refractivity contribution in [3.63, 3.8) is 0 Å². The van der Waals surface area contributed by atoms with Crippen LogP contribution < -0.4 is 9.62 Å². The van der Waals surface area contributed by atoms with E-state index < -0.39 is 40.2 Å². The van der Waals surface area contributed by atoms with Crippen molar-refractivity contribution < 1.29 is 22.4 Å². The normalized spacial score (nSPS) is 12.9. The van der Waals surface area contributed by atoms with E-state index in [0.29, 0.717) is 17.7 Å². The van der Waals surface area contributed by atoms with Gasteiger partial charge in [-0.15, -0.1) is 0 Å². The fraction of sp³-hybridized carbons (Fsp3) is 0.333. The molecule has 0 aliphatic carbocycles. The second-order valence-electron chi connectivity index (χ2n) is 9.72. The first kappa shape index (κ1) is 29.8. The molecule has 0 bridgehead atoms. The Kier molecular flexibility index (Phi) is 9.86. The molecule has 9 heteroatoms. The molecule has 3 aromatic carbocycles. The van der Waals surface area contributed by atoms with Crippen LogP contribution >= 0.6 is 0 Å². The molecular weight excluding hydrogens is 517 g/mol. The minimum atomic E-state index is -4.16. The van der Waals surface area contributed by atoms with Gasteiger partial charge in [0.25, 0.3) is 10.0 Å². The molecule has 0 unspecified atom stereocenters. The van der Waals surface area contributed by atoms with Gasteiger partial charge in [0.1, 0.15) is 18.4 Å². The summed E-state index contributed by atoms with van der Waals surface area (Å²) in [6.07, 6.45) is 0.690. The molecule has 0 aromatic heterocycles. The molecule has 1 N–H and O–H groups in total. The lowest BCUT2D eigenvalue weighted by Crippen LogP contribution is -2.52. The van der Waals surface area contributed by atoms with E-state index in [1.165, 1.54) is 29.2 Å². The van der Waals surface area contributed by atoms with E-state index >= 15 is 0 Å². The number of hydrogen-bond donors (Lipinski definition) is 1. The summed E-state index contributed by atoms with van der Waals surface area (Å²) in [4.78, 5) is 28.3. The van der Waals surface area contributed by atoms with Crippen molar-refractivity contribution in [1.82, 2.24) is 10.2 Å². The molecule has 0 saturated heterocycles. The van der Waals surface area contributed by atoms with E-state index in [4.69, 9.17) is 0 Å². The van der Waals surface area contributed by atoms with Gasteiger partial charge < -0.3 is 10.2 Å². The number of halogens is 1. The van der Waals surface area contributed by atoms with Gasteiger partial charge in [-0.25, -0.2) is 12.8 Å². The fourth-order valence-corrected chi connectivity index (χ4v) is 5.57. The summed E-state index contributed by atoms with van der Waals surface area (Å²) in [7, 11) is -4.16. The number of benzene rings is 3. The molecule has 0 spiro atoms. The van der Waals surface area contributed by atoms with E-state index in [9.17, 15) is 22.4 Å². The molecule has 3 rings (SSSR count). The predicted octanol–water partition coefficient (Wildman–Crippen LogP) is 4.97. The van der Waals surface area contributed by atoms with Gasteiger partial charge in [-0.2, -0.15) is 0 Å². The Morgan fingerprint density at radius 1 is 0.949 bits per heavy atom. The van der Waals surface area contributed by atoms with Crippen LogP contribution in [0.25, 0.3) is 0 Å². The molecule has 39 heavy (non-hydrogen) atoms. The lowest BCUT2D eigenvalue weighted by Gasteiger charge is -2.33. The first-order valence-electron chi connectivity index (χ1n) is 12.9. The van der Waals surface area contributed by atoms with Crippen molar-refractivity contribution in [2.24, 2.45) is 0 Å². The Morgan fingerprint density at radius 2 is 1.59 bits per heavy atom. The van der Waals surface area contributed by atoms with Gasteiger partial charge in [-0.05, 0) is 69.5 Å². The molecular formula is C30H36FN3O4S. The first-order valence-corrected chi connectivity index (χ1v) is 14.4. The quantitative estimate of drug-likeness (QED) is 0.363. The van der Waals surface area contributed by atoms with Gasteiger partial charge in [0, 0.05) is 18.2 Å².